The minimum atomic E-state index is -0.504. The SMILES string of the molecule is O=c1cc(CNCCSSCCNCc2cc(=O)[nH]c(=O)[nH]2)[nH]c(=O)[nH]1. The molecular formula is C14H20N6O4S2. The maximum atomic E-state index is 11.1. The molecular weight excluding hydrogens is 380 g/mol. The summed E-state index contributed by atoms with van der Waals surface area (Å²) >= 11 is 0. The summed E-state index contributed by atoms with van der Waals surface area (Å²) < 4.78 is 0. The highest BCUT2D eigenvalue weighted by atomic mass is 33.1. The molecule has 0 saturated heterocycles. The Morgan fingerprint density at radius 3 is 1.50 bits per heavy atom. The predicted molar refractivity (Wildman–Crippen MR) is 104 cm³/mol. The molecule has 0 radical (unpaired) electrons. The molecule has 0 atom stereocenters. The number of hydrogen-bond donors (Lipinski definition) is 6. The second-order valence-electron chi connectivity index (χ2n) is 5.22. The molecule has 2 aromatic rings. The van der Waals surface area contributed by atoms with E-state index in [9.17, 15) is 19.2 Å². The Hall–Kier alpha value is -2.02. The average molecular weight is 400 g/mol. The number of aromatic amines is 4. The molecule has 2 aromatic heterocycles. The molecule has 6 N–H and O–H groups in total. The highest BCUT2D eigenvalue weighted by Gasteiger charge is 1.98. The first-order valence-corrected chi connectivity index (χ1v) is 10.3. The summed E-state index contributed by atoms with van der Waals surface area (Å²) in [7, 11) is 3.41. The van der Waals surface area contributed by atoms with Crippen molar-refractivity contribution in [2.75, 3.05) is 24.6 Å². The molecule has 0 aliphatic heterocycles. The number of H-pyrrole nitrogens is 4. The lowest BCUT2D eigenvalue weighted by molar-refractivity contribution is 0.706. The maximum Gasteiger partial charge on any atom is 0.325 e. The fraction of sp³-hybridized carbons (Fsp3) is 0.429. The predicted octanol–water partition coefficient (Wildman–Crippen LogP) is -1.30. The van der Waals surface area contributed by atoms with Crippen LogP contribution in [0.1, 0.15) is 11.4 Å². The second kappa shape index (κ2) is 10.9. The van der Waals surface area contributed by atoms with Gasteiger partial charge in [-0.2, -0.15) is 0 Å². The molecule has 0 aliphatic carbocycles. The first-order chi connectivity index (χ1) is 12.5. The van der Waals surface area contributed by atoms with Crippen LogP contribution in [-0.2, 0) is 13.1 Å². The largest absolute Gasteiger partial charge is 0.325 e. The third kappa shape index (κ3) is 7.91. The van der Waals surface area contributed by atoms with Crippen LogP contribution in [0, 0.1) is 0 Å². The molecule has 0 unspecified atom stereocenters. The van der Waals surface area contributed by atoms with Gasteiger partial charge in [0.1, 0.15) is 0 Å². The van der Waals surface area contributed by atoms with E-state index < -0.39 is 22.5 Å². The van der Waals surface area contributed by atoms with Gasteiger partial charge in [0.15, 0.2) is 0 Å². The van der Waals surface area contributed by atoms with E-state index in [1.165, 1.54) is 12.1 Å². The summed E-state index contributed by atoms with van der Waals surface area (Å²) in [4.78, 5) is 53.9. The van der Waals surface area contributed by atoms with Crippen LogP contribution >= 0.6 is 21.6 Å². The molecule has 10 nitrogen and oxygen atoms in total. The van der Waals surface area contributed by atoms with Gasteiger partial charge in [-0.1, -0.05) is 21.6 Å². The lowest BCUT2D eigenvalue weighted by atomic mass is 10.4. The van der Waals surface area contributed by atoms with Gasteiger partial charge in [-0.05, 0) is 0 Å². The molecule has 0 fully saturated rings. The Bertz CT molecular complexity index is 787. The summed E-state index contributed by atoms with van der Waals surface area (Å²) in [5, 5.41) is 6.30. The first kappa shape index (κ1) is 20.3. The zero-order valence-corrected chi connectivity index (χ0v) is 15.5. The Morgan fingerprint density at radius 2 is 1.12 bits per heavy atom. The standard InChI is InChI=1S/C14H20N6O4S2/c21-11-5-9(17-13(23)19-11)7-15-1-3-25-26-4-2-16-8-10-6-12(22)20-14(24)18-10/h5-6,15-16H,1-4,7-8H2,(H2,17,19,21,23)(H2,18,20,22,24). The van der Waals surface area contributed by atoms with Gasteiger partial charge in [-0.15, -0.1) is 0 Å². The van der Waals surface area contributed by atoms with Crippen LogP contribution in [0.5, 0.6) is 0 Å². The highest BCUT2D eigenvalue weighted by molar-refractivity contribution is 8.76. The normalized spacial score (nSPS) is 10.9. The van der Waals surface area contributed by atoms with Gasteiger partial charge < -0.3 is 20.6 Å². The molecule has 0 aliphatic rings. The molecule has 0 spiro atoms. The van der Waals surface area contributed by atoms with E-state index in [0.29, 0.717) is 24.5 Å². The van der Waals surface area contributed by atoms with E-state index >= 15 is 0 Å². The fourth-order valence-corrected chi connectivity index (χ4v) is 3.92. The van der Waals surface area contributed by atoms with Gasteiger partial charge in [-0.3, -0.25) is 19.6 Å². The van der Waals surface area contributed by atoms with Gasteiger partial charge >= 0.3 is 11.4 Å². The number of nitrogens with one attached hydrogen (secondary N) is 6. The van der Waals surface area contributed by atoms with Crippen LogP contribution in [0.3, 0.4) is 0 Å². The molecule has 0 bridgehead atoms. The average Bonchev–Trinajstić information content (AvgIpc) is 2.55. The van der Waals surface area contributed by atoms with Gasteiger partial charge in [0.2, 0.25) is 0 Å². The van der Waals surface area contributed by atoms with Crippen molar-refractivity contribution in [1.82, 2.24) is 30.6 Å². The highest BCUT2D eigenvalue weighted by Crippen LogP contribution is 2.19. The van der Waals surface area contributed by atoms with Gasteiger partial charge in [0.05, 0.1) is 0 Å². The van der Waals surface area contributed by atoms with E-state index in [0.717, 1.165) is 24.6 Å². The van der Waals surface area contributed by atoms with Crippen LogP contribution in [0.15, 0.2) is 31.3 Å². The molecule has 0 amide bonds. The van der Waals surface area contributed by atoms with Crippen LogP contribution in [0.2, 0.25) is 0 Å². The quantitative estimate of drug-likeness (QED) is 0.201. The maximum absolute atomic E-state index is 11.1. The van der Waals surface area contributed by atoms with Crippen molar-refractivity contribution in [2.24, 2.45) is 0 Å². The summed E-state index contributed by atoms with van der Waals surface area (Å²) in [6.07, 6.45) is 0. The van der Waals surface area contributed by atoms with Crippen molar-refractivity contribution in [1.29, 1.82) is 0 Å². The summed E-state index contributed by atoms with van der Waals surface area (Å²) in [6.45, 7) is 2.35. The minimum Gasteiger partial charge on any atom is -0.310 e. The summed E-state index contributed by atoms with van der Waals surface area (Å²) in [5.41, 5.74) is -0.719. The van der Waals surface area contributed by atoms with Crippen LogP contribution in [-0.4, -0.2) is 44.5 Å². The fourth-order valence-electron chi connectivity index (χ4n) is 2.02. The van der Waals surface area contributed by atoms with Gasteiger partial charge in [0, 0.05) is 61.2 Å². The number of rotatable bonds is 11. The van der Waals surface area contributed by atoms with Crippen molar-refractivity contribution in [3.63, 3.8) is 0 Å². The van der Waals surface area contributed by atoms with E-state index in [1.807, 2.05) is 0 Å². The third-order valence-corrected chi connectivity index (χ3v) is 5.48. The molecule has 12 heteroatoms. The zero-order valence-electron chi connectivity index (χ0n) is 13.8. The number of aromatic nitrogens is 4. The molecule has 0 aromatic carbocycles. The lowest BCUT2D eigenvalue weighted by Crippen LogP contribution is -2.26. The minimum absolute atomic E-state index is 0.410. The molecule has 142 valence electrons. The third-order valence-electron chi connectivity index (χ3n) is 3.07. The molecule has 2 heterocycles. The van der Waals surface area contributed by atoms with Gasteiger partial charge in [0.25, 0.3) is 11.1 Å². The van der Waals surface area contributed by atoms with E-state index in [-0.39, 0.29) is 0 Å². The lowest BCUT2D eigenvalue weighted by Gasteiger charge is -2.05. The van der Waals surface area contributed by atoms with Crippen molar-refractivity contribution in [3.8, 4) is 0 Å². The molecule has 2 rings (SSSR count). The van der Waals surface area contributed by atoms with E-state index in [2.05, 4.69) is 30.6 Å². The van der Waals surface area contributed by atoms with Crippen LogP contribution in [0.25, 0.3) is 0 Å². The van der Waals surface area contributed by atoms with E-state index in [4.69, 9.17) is 0 Å². The van der Waals surface area contributed by atoms with Crippen LogP contribution < -0.4 is 33.1 Å². The monoisotopic (exact) mass is 400 g/mol. The Labute approximate surface area is 155 Å². The smallest absolute Gasteiger partial charge is 0.310 e. The van der Waals surface area contributed by atoms with Crippen molar-refractivity contribution < 1.29 is 0 Å². The van der Waals surface area contributed by atoms with E-state index in [1.54, 1.807) is 21.6 Å². The summed E-state index contributed by atoms with van der Waals surface area (Å²) in [5.74, 6) is 1.75. The van der Waals surface area contributed by atoms with Gasteiger partial charge in [-0.25, -0.2) is 9.59 Å². The Morgan fingerprint density at radius 1 is 0.692 bits per heavy atom. The summed E-state index contributed by atoms with van der Waals surface area (Å²) in [6, 6.07) is 2.71. The van der Waals surface area contributed by atoms with Crippen molar-refractivity contribution in [2.45, 2.75) is 13.1 Å². The Balaban J connectivity index is 1.49. The van der Waals surface area contributed by atoms with Crippen LogP contribution in [0.4, 0.5) is 0 Å². The first-order valence-electron chi connectivity index (χ1n) is 7.84. The molecule has 0 saturated carbocycles. The topological polar surface area (TPSA) is 155 Å². The second-order valence-corrected chi connectivity index (χ2v) is 7.93. The van der Waals surface area contributed by atoms with Crippen molar-refractivity contribution in [3.05, 3.63) is 65.2 Å². The number of hydrogen-bond acceptors (Lipinski definition) is 8. The molecule has 26 heavy (non-hydrogen) atoms. The zero-order chi connectivity index (χ0) is 18.8. The van der Waals surface area contributed by atoms with Crippen molar-refractivity contribution >= 4 is 21.6 Å². The Kier molecular flexibility index (Phi) is 8.47.